The second-order valence-corrected chi connectivity index (χ2v) is 6.67. The summed E-state index contributed by atoms with van der Waals surface area (Å²) in [4.78, 5) is 16.3. The zero-order valence-corrected chi connectivity index (χ0v) is 14.5. The van der Waals surface area contributed by atoms with Crippen molar-refractivity contribution in [1.82, 2.24) is 19.7 Å². The number of benzene rings is 1. The minimum Gasteiger partial charge on any atom is -0.325 e. The molecule has 128 valence electrons. The molecule has 1 aromatic carbocycles. The summed E-state index contributed by atoms with van der Waals surface area (Å²) < 4.78 is 15.0. The summed E-state index contributed by atoms with van der Waals surface area (Å²) in [6, 6.07) is 9.49. The van der Waals surface area contributed by atoms with Gasteiger partial charge in [-0.15, -0.1) is 10.2 Å². The SMILES string of the molecule is C[C@@H](Sc1nnc(-c2ccncc2)n1C)C(=O)Nc1cccc(F)c1. The van der Waals surface area contributed by atoms with Gasteiger partial charge in [-0.1, -0.05) is 17.8 Å². The Labute approximate surface area is 148 Å². The van der Waals surface area contributed by atoms with Crippen molar-refractivity contribution < 1.29 is 9.18 Å². The average molecular weight is 357 g/mol. The van der Waals surface area contributed by atoms with Crippen molar-refractivity contribution in [2.24, 2.45) is 7.05 Å². The summed E-state index contributed by atoms with van der Waals surface area (Å²) >= 11 is 1.29. The number of nitrogens with one attached hydrogen (secondary N) is 1. The molecule has 1 N–H and O–H groups in total. The van der Waals surface area contributed by atoms with Crippen LogP contribution < -0.4 is 5.32 Å². The van der Waals surface area contributed by atoms with Gasteiger partial charge in [0.1, 0.15) is 5.82 Å². The Kier molecular flexibility index (Phi) is 5.08. The van der Waals surface area contributed by atoms with Crippen molar-refractivity contribution >= 4 is 23.4 Å². The number of amides is 1. The van der Waals surface area contributed by atoms with Gasteiger partial charge in [0.15, 0.2) is 11.0 Å². The number of halogens is 1. The summed E-state index contributed by atoms with van der Waals surface area (Å²) in [7, 11) is 1.84. The minimum atomic E-state index is -0.420. The average Bonchev–Trinajstić information content (AvgIpc) is 2.96. The second-order valence-electron chi connectivity index (χ2n) is 5.36. The van der Waals surface area contributed by atoms with E-state index in [9.17, 15) is 9.18 Å². The standard InChI is InChI=1S/C17H16FN5OS/c1-11(16(24)20-14-5-3-4-13(18)10-14)25-17-22-21-15(23(17)2)12-6-8-19-9-7-12/h3-11H,1-2H3,(H,20,24)/t11-/m1/s1. The van der Waals surface area contributed by atoms with Gasteiger partial charge >= 0.3 is 0 Å². The maximum atomic E-state index is 13.2. The largest absolute Gasteiger partial charge is 0.325 e. The predicted molar refractivity (Wildman–Crippen MR) is 94.6 cm³/mol. The number of thioether (sulfide) groups is 1. The van der Waals surface area contributed by atoms with E-state index in [1.165, 1.54) is 23.9 Å². The molecule has 6 nitrogen and oxygen atoms in total. The Bertz CT molecular complexity index is 884. The molecule has 0 spiro atoms. The number of hydrogen-bond acceptors (Lipinski definition) is 5. The molecule has 8 heteroatoms. The number of pyridine rings is 1. The molecule has 0 fully saturated rings. The molecule has 1 amide bonds. The van der Waals surface area contributed by atoms with Gasteiger partial charge in [0, 0.05) is 30.7 Å². The lowest BCUT2D eigenvalue weighted by molar-refractivity contribution is -0.115. The van der Waals surface area contributed by atoms with Gasteiger partial charge in [0.25, 0.3) is 0 Å². The van der Waals surface area contributed by atoms with Gasteiger partial charge in [-0.3, -0.25) is 9.78 Å². The first-order chi connectivity index (χ1) is 12.0. The lowest BCUT2D eigenvalue weighted by Gasteiger charge is -2.11. The highest BCUT2D eigenvalue weighted by Crippen LogP contribution is 2.26. The third-order valence-electron chi connectivity index (χ3n) is 3.52. The number of hydrogen-bond donors (Lipinski definition) is 1. The van der Waals surface area contributed by atoms with Gasteiger partial charge < -0.3 is 9.88 Å². The molecule has 0 unspecified atom stereocenters. The van der Waals surface area contributed by atoms with Crippen molar-refractivity contribution in [2.45, 2.75) is 17.3 Å². The topological polar surface area (TPSA) is 72.7 Å². The van der Waals surface area contributed by atoms with Crippen LogP contribution in [0.3, 0.4) is 0 Å². The fourth-order valence-electron chi connectivity index (χ4n) is 2.19. The van der Waals surface area contributed by atoms with E-state index < -0.39 is 11.1 Å². The molecule has 0 saturated heterocycles. The van der Waals surface area contributed by atoms with Crippen LogP contribution in [0, 0.1) is 5.82 Å². The van der Waals surface area contributed by atoms with Crippen molar-refractivity contribution in [1.29, 1.82) is 0 Å². The molecule has 0 radical (unpaired) electrons. The maximum Gasteiger partial charge on any atom is 0.237 e. The Morgan fingerprint density at radius 1 is 1.24 bits per heavy atom. The van der Waals surface area contributed by atoms with Crippen LogP contribution in [0.25, 0.3) is 11.4 Å². The van der Waals surface area contributed by atoms with Crippen molar-refractivity contribution in [2.75, 3.05) is 5.32 Å². The van der Waals surface area contributed by atoms with E-state index in [0.29, 0.717) is 16.7 Å². The van der Waals surface area contributed by atoms with Gasteiger partial charge in [0.05, 0.1) is 5.25 Å². The van der Waals surface area contributed by atoms with E-state index in [1.807, 2.05) is 23.7 Å². The van der Waals surface area contributed by atoms with E-state index in [-0.39, 0.29) is 5.91 Å². The van der Waals surface area contributed by atoms with Gasteiger partial charge in [-0.05, 0) is 37.3 Å². The number of nitrogens with zero attached hydrogens (tertiary/aromatic N) is 4. The summed E-state index contributed by atoms with van der Waals surface area (Å²) in [5.41, 5.74) is 1.32. The fourth-order valence-corrected chi connectivity index (χ4v) is 3.01. The molecule has 0 aliphatic carbocycles. The Morgan fingerprint density at radius 3 is 2.72 bits per heavy atom. The Morgan fingerprint density at radius 2 is 2.00 bits per heavy atom. The van der Waals surface area contributed by atoms with E-state index in [2.05, 4.69) is 20.5 Å². The zero-order valence-electron chi connectivity index (χ0n) is 13.7. The number of carbonyl (C=O) groups excluding carboxylic acids is 1. The molecule has 3 aromatic rings. The number of aromatic nitrogens is 4. The van der Waals surface area contributed by atoms with Crippen molar-refractivity contribution in [3.8, 4) is 11.4 Å². The predicted octanol–water partition coefficient (Wildman–Crippen LogP) is 3.14. The Balaban J connectivity index is 1.70. The highest BCUT2D eigenvalue weighted by Gasteiger charge is 2.19. The fraction of sp³-hybridized carbons (Fsp3) is 0.176. The molecule has 0 aliphatic rings. The third kappa shape index (κ3) is 4.03. The first-order valence-corrected chi connectivity index (χ1v) is 8.45. The maximum absolute atomic E-state index is 13.2. The summed E-state index contributed by atoms with van der Waals surface area (Å²) in [5.74, 6) is 0.0695. The monoisotopic (exact) mass is 357 g/mol. The molecular weight excluding hydrogens is 341 g/mol. The molecule has 0 saturated carbocycles. The molecule has 1 atom stereocenters. The van der Waals surface area contributed by atoms with Crippen LogP contribution in [0.1, 0.15) is 6.92 Å². The normalized spacial score (nSPS) is 12.0. The Hall–Kier alpha value is -2.74. The first-order valence-electron chi connectivity index (χ1n) is 7.57. The van der Waals surface area contributed by atoms with Crippen LogP contribution in [0.2, 0.25) is 0 Å². The van der Waals surface area contributed by atoms with E-state index in [1.54, 1.807) is 31.5 Å². The van der Waals surface area contributed by atoms with E-state index >= 15 is 0 Å². The molecule has 2 heterocycles. The first kappa shape index (κ1) is 17.1. The molecule has 0 bridgehead atoms. The van der Waals surface area contributed by atoms with Crippen LogP contribution in [0.15, 0.2) is 53.9 Å². The van der Waals surface area contributed by atoms with Gasteiger partial charge in [-0.2, -0.15) is 0 Å². The lowest BCUT2D eigenvalue weighted by Crippen LogP contribution is -2.22. The molecular formula is C17H16FN5OS. The number of carbonyl (C=O) groups is 1. The summed E-state index contributed by atoms with van der Waals surface area (Å²) in [6.45, 7) is 1.76. The van der Waals surface area contributed by atoms with E-state index in [0.717, 1.165) is 5.56 Å². The molecule has 2 aromatic heterocycles. The van der Waals surface area contributed by atoms with Crippen LogP contribution in [0.4, 0.5) is 10.1 Å². The zero-order chi connectivity index (χ0) is 17.8. The number of anilines is 1. The lowest BCUT2D eigenvalue weighted by atomic mass is 10.2. The minimum absolute atomic E-state index is 0.232. The van der Waals surface area contributed by atoms with Crippen LogP contribution >= 0.6 is 11.8 Å². The molecule has 25 heavy (non-hydrogen) atoms. The van der Waals surface area contributed by atoms with Crippen LogP contribution in [0.5, 0.6) is 0 Å². The van der Waals surface area contributed by atoms with Crippen LogP contribution in [-0.4, -0.2) is 30.9 Å². The molecule has 0 aliphatic heterocycles. The molecule has 3 rings (SSSR count). The van der Waals surface area contributed by atoms with E-state index in [4.69, 9.17) is 0 Å². The highest BCUT2D eigenvalue weighted by atomic mass is 32.2. The van der Waals surface area contributed by atoms with Crippen LogP contribution in [-0.2, 0) is 11.8 Å². The second kappa shape index (κ2) is 7.43. The van der Waals surface area contributed by atoms with Gasteiger partial charge in [-0.25, -0.2) is 4.39 Å². The highest BCUT2D eigenvalue weighted by molar-refractivity contribution is 8.00. The third-order valence-corrected chi connectivity index (χ3v) is 4.65. The summed E-state index contributed by atoms with van der Waals surface area (Å²) in [5, 5.41) is 11.2. The van der Waals surface area contributed by atoms with Crippen molar-refractivity contribution in [3.63, 3.8) is 0 Å². The quantitative estimate of drug-likeness (QED) is 0.710. The smallest absolute Gasteiger partial charge is 0.237 e. The summed E-state index contributed by atoms with van der Waals surface area (Å²) in [6.07, 6.45) is 3.37. The van der Waals surface area contributed by atoms with Gasteiger partial charge in [0.2, 0.25) is 5.91 Å². The number of rotatable bonds is 5. The van der Waals surface area contributed by atoms with Crippen molar-refractivity contribution in [3.05, 3.63) is 54.6 Å².